The third-order valence-electron chi connectivity index (χ3n) is 4.19. The van der Waals surface area contributed by atoms with Crippen LogP contribution in [0.4, 0.5) is 5.69 Å². The number of carbonyl (C=O) groups is 2. The van der Waals surface area contributed by atoms with Crippen molar-refractivity contribution in [2.45, 2.75) is 19.3 Å². The summed E-state index contributed by atoms with van der Waals surface area (Å²) >= 11 is 0. The maximum Gasteiger partial charge on any atom is 0.224 e. The number of carbonyl (C=O) groups excluding carboxylic acids is 2. The molecule has 1 aliphatic heterocycles. The molecule has 0 atom stereocenters. The molecular formula is C17H28Cl2N4O2. The number of nitrogens with zero attached hydrogens (tertiary/aromatic N) is 2. The molecule has 0 unspecified atom stereocenters. The van der Waals surface area contributed by atoms with Gasteiger partial charge in [0.05, 0.1) is 0 Å². The van der Waals surface area contributed by atoms with E-state index in [2.05, 4.69) is 17.3 Å². The van der Waals surface area contributed by atoms with Crippen molar-refractivity contribution >= 4 is 42.3 Å². The fraction of sp³-hybridized carbons (Fsp3) is 0.529. The number of hydrogen-bond acceptors (Lipinski definition) is 4. The summed E-state index contributed by atoms with van der Waals surface area (Å²) in [5.41, 5.74) is 7.55. The van der Waals surface area contributed by atoms with Crippen molar-refractivity contribution in [2.75, 3.05) is 45.5 Å². The monoisotopic (exact) mass is 390 g/mol. The largest absolute Gasteiger partial charge is 0.399 e. The van der Waals surface area contributed by atoms with E-state index in [0.29, 0.717) is 31.5 Å². The summed E-state index contributed by atoms with van der Waals surface area (Å²) in [6.45, 7) is 3.77. The highest BCUT2D eigenvalue weighted by Crippen LogP contribution is 2.12. The molecule has 0 radical (unpaired) electrons. The Balaban J connectivity index is 0.00000288. The molecule has 25 heavy (non-hydrogen) atoms. The van der Waals surface area contributed by atoms with Crippen molar-refractivity contribution < 1.29 is 9.59 Å². The Morgan fingerprint density at radius 2 is 1.72 bits per heavy atom. The van der Waals surface area contributed by atoms with Gasteiger partial charge in [-0.3, -0.25) is 9.59 Å². The van der Waals surface area contributed by atoms with Gasteiger partial charge in [-0.2, -0.15) is 0 Å². The van der Waals surface area contributed by atoms with Crippen molar-refractivity contribution in [1.82, 2.24) is 15.1 Å². The number of amides is 2. The molecule has 0 aliphatic carbocycles. The highest BCUT2D eigenvalue weighted by molar-refractivity contribution is 5.85. The normalized spacial score (nSPS) is 14.2. The van der Waals surface area contributed by atoms with Crippen molar-refractivity contribution in [2.24, 2.45) is 0 Å². The molecular weight excluding hydrogens is 363 g/mol. The average molecular weight is 391 g/mol. The molecule has 0 bridgehead atoms. The summed E-state index contributed by atoms with van der Waals surface area (Å²) < 4.78 is 0. The van der Waals surface area contributed by atoms with E-state index in [0.717, 1.165) is 31.7 Å². The Morgan fingerprint density at radius 3 is 2.36 bits per heavy atom. The number of piperazine rings is 1. The number of para-hydroxylation sites is 1. The van der Waals surface area contributed by atoms with Crippen LogP contribution in [0.15, 0.2) is 24.3 Å². The molecule has 0 aromatic heterocycles. The zero-order chi connectivity index (χ0) is 16.7. The minimum atomic E-state index is -0.0422. The summed E-state index contributed by atoms with van der Waals surface area (Å²) in [5, 5.41) is 2.81. The van der Waals surface area contributed by atoms with Crippen molar-refractivity contribution in [3.63, 3.8) is 0 Å². The molecule has 2 amide bonds. The molecule has 142 valence electrons. The number of aryl methyl sites for hydroxylation is 1. The number of rotatable bonds is 6. The van der Waals surface area contributed by atoms with Crippen LogP contribution in [0.1, 0.15) is 18.4 Å². The van der Waals surface area contributed by atoms with E-state index < -0.39 is 0 Å². The Hall–Kier alpha value is -1.50. The summed E-state index contributed by atoms with van der Waals surface area (Å²) in [7, 11) is 2.06. The zero-order valence-electron chi connectivity index (χ0n) is 14.6. The van der Waals surface area contributed by atoms with E-state index in [9.17, 15) is 9.59 Å². The van der Waals surface area contributed by atoms with E-state index in [1.165, 1.54) is 0 Å². The zero-order valence-corrected chi connectivity index (χ0v) is 16.2. The van der Waals surface area contributed by atoms with Crippen LogP contribution in [-0.4, -0.2) is 61.4 Å². The highest BCUT2D eigenvalue weighted by Gasteiger charge is 2.18. The fourth-order valence-corrected chi connectivity index (χ4v) is 2.62. The summed E-state index contributed by atoms with van der Waals surface area (Å²) in [4.78, 5) is 28.0. The second kappa shape index (κ2) is 12.0. The summed E-state index contributed by atoms with van der Waals surface area (Å²) in [6.07, 6.45) is 1.37. The van der Waals surface area contributed by atoms with Gasteiger partial charge in [0.2, 0.25) is 11.8 Å². The minimum Gasteiger partial charge on any atom is -0.399 e. The molecule has 1 fully saturated rings. The first kappa shape index (κ1) is 23.5. The first-order chi connectivity index (χ1) is 11.1. The highest BCUT2D eigenvalue weighted by atomic mass is 35.5. The topological polar surface area (TPSA) is 78.7 Å². The van der Waals surface area contributed by atoms with Crippen LogP contribution in [0.2, 0.25) is 0 Å². The molecule has 1 aliphatic rings. The average Bonchev–Trinajstić information content (AvgIpc) is 2.54. The lowest BCUT2D eigenvalue weighted by molar-refractivity contribution is -0.132. The minimum absolute atomic E-state index is 0. The van der Waals surface area contributed by atoms with Gasteiger partial charge in [-0.25, -0.2) is 0 Å². The van der Waals surface area contributed by atoms with Crippen LogP contribution >= 0.6 is 24.8 Å². The van der Waals surface area contributed by atoms with Gasteiger partial charge in [-0.1, -0.05) is 18.2 Å². The Labute approximate surface area is 161 Å². The van der Waals surface area contributed by atoms with Crippen LogP contribution in [0, 0.1) is 0 Å². The molecule has 8 heteroatoms. The van der Waals surface area contributed by atoms with Gasteiger partial charge in [-0.15, -0.1) is 24.8 Å². The van der Waals surface area contributed by atoms with Gasteiger partial charge in [0.25, 0.3) is 0 Å². The lowest BCUT2D eigenvalue weighted by atomic mass is 10.1. The number of hydrogen-bond donors (Lipinski definition) is 2. The summed E-state index contributed by atoms with van der Waals surface area (Å²) in [6, 6.07) is 7.56. The van der Waals surface area contributed by atoms with Crippen LogP contribution in [0.3, 0.4) is 0 Å². The predicted octanol–water partition coefficient (Wildman–Crippen LogP) is 1.33. The molecule has 0 spiro atoms. The number of nitrogens with one attached hydrogen (secondary N) is 1. The second-order valence-electron chi connectivity index (χ2n) is 5.98. The second-order valence-corrected chi connectivity index (χ2v) is 5.98. The third kappa shape index (κ3) is 7.94. The van der Waals surface area contributed by atoms with Crippen molar-refractivity contribution in [3.8, 4) is 0 Å². The fourth-order valence-electron chi connectivity index (χ4n) is 2.62. The molecule has 1 saturated heterocycles. The van der Waals surface area contributed by atoms with E-state index >= 15 is 0 Å². The number of halogens is 2. The molecule has 1 aromatic carbocycles. The Bertz CT molecular complexity index is 549. The van der Waals surface area contributed by atoms with Crippen LogP contribution < -0.4 is 11.1 Å². The van der Waals surface area contributed by atoms with Gasteiger partial charge in [-0.05, 0) is 25.1 Å². The lowest BCUT2D eigenvalue weighted by Crippen LogP contribution is -2.47. The number of nitrogen functional groups attached to an aromatic ring is 1. The first-order valence-corrected chi connectivity index (χ1v) is 8.12. The molecule has 0 saturated carbocycles. The van der Waals surface area contributed by atoms with Crippen LogP contribution in [-0.2, 0) is 16.0 Å². The molecule has 2 rings (SSSR count). The standard InChI is InChI=1S/C17H26N4O2.2ClH/c1-20-10-12-21(13-11-20)17(23)8-9-19-16(22)7-6-14-4-2-3-5-15(14)18;;/h2-5H,6-13,18H2,1H3,(H,19,22);2*1H. The quantitative estimate of drug-likeness (QED) is 0.718. The van der Waals surface area contributed by atoms with E-state index in [1.54, 1.807) is 0 Å². The van der Waals surface area contributed by atoms with Gasteiger partial charge in [0.1, 0.15) is 0 Å². The van der Waals surface area contributed by atoms with Crippen LogP contribution in [0.25, 0.3) is 0 Å². The van der Waals surface area contributed by atoms with Gasteiger partial charge >= 0.3 is 0 Å². The Morgan fingerprint density at radius 1 is 1.08 bits per heavy atom. The van der Waals surface area contributed by atoms with Crippen molar-refractivity contribution in [3.05, 3.63) is 29.8 Å². The SMILES string of the molecule is CN1CCN(C(=O)CCNC(=O)CCc2ccccc2N)CC1.Cl.Cl. The molecule has 6 nitrogen and oxygen atoms in total. The number of benzene rings is 1. The molecule has 3 N–H and O–H groups in total. The van der Waals surface area contributed by atoms with Gasteiger partial charge in [0, 0.05) is 51.3 Å². The lowest BCUT2D eigenvalue weighted by Gasteiger charge is -2.32. The maximum atomic E-state index is 12.0. The van der Waals surface area contributed by atoms with Crippen molar-refractivity contribution in [1.29, 1.82) is 0 Å². The Kier molecular flexibility index (Phi) is 11.2. The number of anilines is 1. The molecule has 1 aromatic rings. The number of nitrogens with two attached hydrogens (primary N) is 1. The summed E-state index contributed by atoms with van der Waals surface area (Å²) in [5.74, 6) is 0.0742. The first-order valence-electron chi connectivity index (χ1n) is 8.12. The van der Waals surface area contributed by atoms with Gasteiger partial charge in [0.15, 0.2) is 0 Å². The molecule has 1 heterocycles. The van der Waals surface area contributed by atoms with E-state index in [4.69, 9.17) is 5.73 Å². The van der Waals surface area contributed by atoms with Gasteiger partial charge < -0.3 is 20.9 Å². The van der Waals surface area contributed by atoms with E-state index in [-0.39, 0.29) is 36.6 Å². The van der Waals surface area contributed by atoms with E-state index in [1.807, 2.05) is 29.2 Å². The third-order valence-corrected chi connectivity index (χ3v) is 4.19. The maximum absolute atomic E-state index is 12.0. The van der Waals surface area contributed by atoms with Crippen LogP contribution in [0.5, 0.6) is 0 Å². The number of likely N-dealkylation sites (N-methyl/N-ethyl adjacent to an activating group) is 1. The predicted molar refractivity (Wildman–Crippen MR) is 105 cm³/mol. The smallest absolute Gasteiger partial charge is 0.224 e.